The first-order valence-electron chi connectivity index (χ1n) is 6.56. The lowest BCUT2D eigenvalue weighted by atomic mass is 10.0. The molecule has 1 aliphatic rings. The molecule has 1 fully saturated rings. The van der Waals surface area contributed by atoms with E-state index in [0.29, 0.717) is 6.04 Å². The Balaban J connectivity index is 2.01. The van der Waals surface area contributed by atoms with Crippen LogP contribution in [-0.2, 0) is 0 Å². The summed E-state index contributed by atoms with van der Waals surface area (Å²) in [5.74, 6) is 1.21. The van der Waals surface area contributed by atoms with Crippen molar-refractivity contribution in [1.29, 1.82) is 0 Å². The molecule has 90 valence electrons. The van der Waals surface area contributed by atoms with Crippen molar-refractivity contribution in [2.75, 3.05) is 13.1 Å². The third-order valence-electron chi connectivity index (χ3n) is 3.79. The Morgan fingerprint density at radius 3 is 3.18 bits per heavy atom. The van der Waals surface area contributed by atoms with Crippen molar-refractivity contribution >= 4 is 5.52 Å². The molecule has 1 unspecified atom stereocenters. The van der Waals surface area contributed by atoms with Gasteiger partial charge in [0, 0.05) is 6.20 Å². The molecule has 2 aromatic heterocycles. The molecule has 0 bridgehead atoms. The van der Waals surface area contributed by atoms with Crippen LogP contribution in [0.2, 0.25) is 0 Å². The van der Waals surface area contributed by atoms with Crippen LogP contribution in [0.3, 0.4) is 0 Å². The molecule has 3 heterocycles. The molecule has 1 atom stereocenters. The van der Waals surface area contributed by atoms with Crippen LogP contribution in [0.4, 0.5) is 0 Å². The van der Waals surface area contributed by atoms with Crippen LogP contribution in [-0.4, -0.2) is 27.4 Å². The first kappa shape index (κ1) is 10.8. The monoisotopic (exact) mass is 229 g/mol. The smallest absolute Gasteiger partial charge is 0.130 e. The highest BCUT2D eigenvalue weighted by atomic mass is 15.2. The van der Waals surface area contributed by atoms with E-state index in [1.807, 2.05) is 6.20 Å². The maximum absolute atomic E-state index is 4.64. The van der Waals surface area contributed by atoms with Crippen molar-refractivity contribution in [3.63, 3.8) is 0 Å². The molecule has 0 saturated carbocycles. The maximum Gasteiger partial charge on any atom is 0.130 e. The van der Waals surface area contributed by atoms with Crippen LogP contribution in [0.15, 0.2) is 30.6 Å². The molecule has 17 heavy (non-hydrogen) atoms. The van der Waals surface area contributed by atoms with Crippen LogP contribution >= 0.6 is 0 Å². The molecule has 3 heteroatoms. The van der Waals surface area contributed by atoms with Crippen LogP contribution in [0, 0.1) is 0 Å². The van der Waals surface area contributed by atoms with Gasteiger partial charge >= 0.3 is 0 Å². The summed E-state index contributed by atoms with van der Waals surface area (Å²) >= 11 is 0. The minimum atomic E-state index is 0.499. The van der Waals surface area contributed by atoms with Gasteiger partial charge in [0.2, 0.25) is 0 Å². The van der Waals surface area contributed by atoms with E-state index in [4.69, 9.17) is 0 Å². The van der Waals surface area contributed by atoms with Gasteiger partial charge in [0.1, 0.15) is 5.82 Å². The Labute approximate surface area is 102 Å². The number of hydrogen-bond donors (Lipinski definition) is 0. The standard InChI is InChI=1S/C14H19N3/c1-2-16-9-5-4-8-13(16)14-15-11-12-7-3-6-10-17(12)14/h3,6-7,10-11,13H,2,4-5,8-9H2,1H3. The topological polar surface area (TPSA) is 20.5 Å². The molecule has 2 aromatic rings. The summed E-state index contributed by atoms with van der Waals surface area (Å²) < 4.78 is 2.23. The fraction of sp³-hybridized carbons (Fsp3) is 0.500. The van der Waals surface area contributed by atoms with Crippen LogP contribution in [0.1, 0.15) is 38.1 Å². The van der Waals surface area contributed by atoms with Gasteiger partial charge in [-0.15, -0.1) is 0 Å². The van der Waals surface area contributed by atoms with E-state index in [0.717, 1.165) is 6.54 Å². The van der Waals surface area contributed by atoms with Gasteiger partial charge in [-0.25, -0.2) is 4.98 Å². The number of imidazole rings is 1. The highest BCUT2D eigenvalue weighted by Crippen LogP contribution is 2.29. The number of hydrogen-bond acceptors (Lipinski definition) is 2. The summed E-state index contributed by atoms with van der Waals surface area (Å²) in [6.07, 6.45) is 8.00. The Kier molecular flexibility index (Phi) is 2.85. The average Bonchev–Trinajstić information content (AvgIpc) is 2.82. The summed E-state index contributed by atoms with van der Waals surface area (Å²) in [4.78, 5) is 7.19. The summed E-state index contributed by atoms with van der Waals surface area (Å²) in [6.45, 7) is 4.57. The molecular weight excluding hydrogens is 210 g/mol. The zero-order chi connectivity index (χ0) is 11.7. The highest BCUT2D eigenvalue weighted by Gasteiger charge is 2.25. The summed E-state index contributed by atoms with van der Waals surface area (Å²) in [5.41, 5.74) is 1.20. The molecule has 1 aliphatic heterocycles. The first-order valence-corrected chi connectivity index (χ1v) is 6.56. The molecule has 0 spiro atoms. The van der Waals surface area contributed by atoms with E-state index >= 15 is 0 Å². The third kappa shape index (κ3) is 1.84. The van der Waals surface area contributed by atoms with Gasteiger partial charge < -0.3 is 4.40 Å². The van der Waals surface area contributed by atoms with Gasteiger partial charge in [-0.05, 0) is 38.1 Å². The lowest BCUT2D eigenvalue weighted by molar-refractivity contribution is 0.149. The van der Waals surface area contributed by atoms with E-state index in [-0.39, 0.29) is 0 Å². The molecule has 0 aliphatic carbocycles. The van der Waals surface area contributed by atoms with Crippen LogP contribution < -0.4 is 0 Å². The van der Waals surface area contributed by atoms with Gasteiger partial charge in [0.25, 0.3) is 0 Å². The fourth-order valence-electron chi connectivity index (χ4n) is 2.87. The minimum Gasteiger partial charge on any atom is -0.302 e. The second kappa shape index (κ2) is 4.49. The zero-order valence-electron chi connectivity index (χ0n) is 10.3. The number of nitrogens with zero attached hydrogens (tertiary/aromatic N) is 3. The number of aromatic nitrogens is 2. The third-order valence-corrected chi connectivity index (χ3v) is 3.79. The summed E-state index contributed by atoms with van der Waals surface area (Å²) in [6, 6.07) is 6.77. The van der Waals surface area contributed by atoms with Gasteiger partial charge in [-0.1, -0.05) is 19.4 Å². The zero-order valence-corrected chi connectivity index (χ0v) is 10.3. The Morgan fingerprint density at radius 1 is 1.35 bits per heavy atom. The lowest BCUT2D eigenvalue weighted by Gasteiger charge is -2.33. The first-order chi connectivity index (χ1) is 8.40. The molecule has 1 saturated heterocycles. The second-order valence-electron chi connectivity index (χ2n) is 4.75. The molecule has 3 nitrogen and oxygen atoms in total. The molecule has 0 N–H and O–H groups in total. The average molecular weight is 229 g/mol. The SMILES string of the molecule is CCN1CCCCC1c1ncc2ccccn12. The largest absolute Gasteiger partial charge is 0.302 e. The number of rotatable bonds is 2. The van der Waals surface area contributed by atoms with Crippen molar-refractivity contribution in [2.24, 2.45) is 0 Å². The lowest BCUT2D eigenvalue weighted by Crippen LogP contribution is -2.34. The maximum atomic E-state index is 4.64. The Hall–Kier alpha value is -1.35. The minimum absolute atomic E-state index is 0.499. The number of fused-ring (bicyclic) bond motifs is 1. The molecular formula is C14H19N3. The second-order valence-corrected chi connectivity index (χ2v) is 4.75. The van der Waals surface area contributed by atoms with E-state index in [1.54, 1.807) is 0 Å². The van der Waals surface area contributed by atoms with Gasteiger partial charge in [0.15, 0.2) is 0 Å². The van der Waals surface area contributed by atoms with Gasteiger partial charge in [-0.3, -0.25) is 4.90 Å². The van der Waals surface area contributed by atoms with Crippen molar-refractivity contribution < 1.29 is 0 Å². The Morgan fingerprint density at radius 2 is 2.29 bits per heavy atom. The predicted octanol–water partition coefficient (Wildman–Crippen LogP) is 2.88. The molecule has 0 radical (unpaired) electrons. The van der Waals surface area contributed by atoms with Crippen molar-refractivity contribution in [2.45, 2.75) is 32.2 Å². The van der Waals surface area contributed by atoms with E-state index in [1.165, 1.54) is 37.1 Å². The summed E-state index contributed by atoms with van der Waals surface area (Å²) in [7, 11) is 0. The van der Waals surface area contributed by atoms with Crippen molar-refractivity contribution in [3.05, 3.63) is 36.4 Å². The highest BCUT2D eigenvalue weighted by molar-refractivity contribution is 5.45. The van der Waals surface area contributed by atoms with Gasteiger partial charge in [0.05, 0.1) is 17.8 Å². The molecule has 0 aromatic carbocycles. The van der Waals surface area contributed by atoms with Crippen molar-refractivity contribution in [3.8, 4) is 0 Å². The predicted molar refractivity (Wildman–Crippen MR) is 69.0 cm³/mol. The number of piperidine rings is 1. The van der Waals surface area contributed by atoms with E-state index in [9.17, 15) is 0 Å². The quantitative estimate of drug-likeness (QED) is 0.789. The van der Waals surface area contributed by atoms with Crippen LogP contribution in [0.5, 0.6) is 0 Å². The van der Waals surface area contributed by atoms with Gasteiger partial charge in [-0.2, -0.15) is 0 Å². The normalized spacial score (nSPS) is 22.1. The number of pyridine rings is 1. The van der Waals surface area contributed by atoms with E-state index in [2.05, 4.69) is 45.6 Å². The number of likely N-dealkylation sites (tertiary alicyclic amines) is 1. The fourth-order valence-corrected chi connectivity index (χ4v) is 2.87. The van der Waals surface area contributed by atoms with Crippen molar-refractivity contribution in [1.82, 2.24) is 14.3 Å². The van der Waals surface area contributed by atoms with Crippen LogP contribution in [0.25, 0.3) is 5.52 Å². The summed E-state index contributed by atoms with van der Waals surface area (Å²) in [5, 5.41) is 0. The molecule has 0 amide bonds. The van der Waals surface area contributed by atoms with E-state index < -0.39 is 0 Å². The Bertz CT molecular complexity index is 503. The molecule has 3 rings (SSSR count).